The molecular formula is C14H30InN. The van der Waals surface area contributed by atoms with Crippen LogP contribution in [0.15, 0.2) is 0 Å². The Labute approximate surface area is 111 Å². The van der Waals surface area contributed by atoms with Crippen LogP contribution >= 0.6 is 0 Å². The van der Waals surface area contributed by atoms with E-state index >= 15 is 0 Å². The van der Waals surface area contributed by atoms with Crippen LogP contribution in [0.5, 0.6) is 0 Å². The molecule has 1 aliphatic rings. The van der Waals surface area contributed by atoms with E-state index in [9.17, 15) is 0 Å². The second-order valence-corrected chi connectivity index (χ2v) is 15.4. The minimum absolute atomic E-state index is 0.927. The van der Waals surface area contributed by atoms with Gasteiger partial charge in [0.15, 0.2) is 0 Å². The van der Waals surface area contributed by atoms with E-state index in [1.165, 1.54) is 38.9 Å². The van der Waals surface area contributed by atoms with E-state index in [1.54, 1.807) is 31.8 Å². The predicted octanol–water partition coefficient (Wildman–Crippen LogP) is 4.18. The minimum atomic E-state index is -0.927. The van der Waals surface area contributed by atoms with Crippen LogP contribution in [0.2, 0.25) is 12.5 Å². The predicted molar refractivity (Wildman–Crippen MR) is 75.7 cm³/mol. The molecule has 94 valence electrons. The second-order valence-electron chi connectivity index (χ2n) is 5.49. The third kappa shape index (κ3) is 6.54. The number of hydrogen-bond donors (Lipinski definition) is 0. The summed E-state index contributed by atoms with van der Waals surface area (Å²) in [5, 5.41) is 0. The van der Waals surface area contributed by atoms with Gasteiger partial charge in [0.2, 0.25) is 0 Å². The molecule has 1 nitrogen and oxygen atoms in total. The molecule has 1 aliphatic heterocycles. The van der Waals surface area contributed by atoms with E-state index in [2.05, 4.69) is 18.7 Å². The molecule has 0 aliphatic carbocycles. The molecule has 0 N–H and O–H groups in total. The summed E-state index contributed by atoms with van der Waals surface area (Å²) in [4.78, 5) is 2.69. The molecule has 0 aromatic rings. The quantitative estimate of drug-likeness (QED) is 0.646. The van der Waals surface area contributed by atoms with Crippen LogP contribution in [0.4, 0.5) is 0 Å². The summed E-state index contributed by atoms with van der Waals surface area (Å²) in [6, 6.07) is 0. The van der Waals surface area contributed by atoms with E-state index in [0.717, 1.165) is 0 Å². The fourth-order valence-electron chi connectivity index (χ4n) is 3.05. The van der Waals surface area contributed by atoms with Crippen LogP contribution in [0.1, 0.15) is 52.4 Å². The summed E-state index contributed by atoms with van der Waals surface area (Å²) < 4.78 is 5.15. The Bertz CT molecular complexity index is 149. The van der Waals surface area contributed by atoms with Crippen LogP contribution in [-0.4, -0.2) is 46.0 Å². The van der Waals surface area contributed by atoms with E-state index in [1.807, 2.05) is 0 Å². The Morgan fingerprint density at radius 3 is 2.06 bits per heavy atom. The number of nitrogens with zero attached hydrogens (tertiary/aromatic N) is 1. The van der Waals surface area contributed by atoms with Gasteiger partial charge in [-0.1, -0.05) is 0 Å². The molecule has 1 fully saturated rings. The molecule has 0 bridgehead atoms. The van der Waals surface area contributed by atoms with Gasteiger partial charge in [-0.3, -0.25) is 0 Å². The van der Waals surface area contributed by atoms with Crippen LogP contribution < -0.4 is 0 Å². The van der Waals surface area contributed by atoms with Gasteiger partial charge in [0, 0.05) is 0 Å². The van der Waals surface area contributed by atoms with Crippen molar-refractivity contribution >= 4 is 21.4 Å². The zero-order valence-electron chi connectivity index (χ0n) is 11.5. The van der Waals surface area contributed by atoms with Gasteiger partial charge in [-0.25, -0.2) is 0 Å². The fourth-order valence-corrected chi connectivity index (χ4v) is 12.6. The SMILES string of the molecule is CCCN(CCC)CC[CH2][In]1[CH2]CCC[CH2]1. The van der Waals surface area contributed by atoms with Gasteiger partial charge in [0.25, 0.3) is 0 Å². The van der Waals surface area contributed by atoms with Crippen molar-refractivity contribution in [2.24, 2.45) is 0 Å². The average molecular weight is 327 g/mol. The zero-order valence-corrected chi connectivity index (χ0v) is 14.8. The molecule has 0 saturated carbocycles. The van der Waals surface area contributed by atoms with Gasteiger partial charge in [-0.05, 0) is 0 Å². The molecule has 0 aromatic carbocycles. The van der Waals surface area contributed by atoms with Crippen molar-refractivity contribution in [3.63, 3.8) is 0 Å². The Morgan fingerprint density at radius 2 is 1.50 bits per heavy atom. The van der Waals surface area contributed by atoms with Gasteiger partial charge in [-0.2, -0.15) is 0 Å². The summed E-state index contributed by atoms with van der Waals surface area (Å²) in [7, 11) is 0. The maximum atomic E-state index is 2.69. The van der Waals surface area contributed by atoms with Gasteiger partial charge < -0.3 is 0 Å². The van der Waals surface area contributed by atoms with E-state index in [0.29, 0.717) is 0 Å². The normalized spacial score (nSPS) is 17.1. The van der Waals surface area contributed by atoms with Crippen molar-refractivity contribution in [1.29, 1.82) is 0 Å². The van der Waals surface area contributed by atoms with Crippen LogP contribution in [-0.2, 0) is 0 Å². The Balaban J connectivity index is 2.06. The molecule has 0 unspecified atom stereocenters. The van der Waals surface area contributed by atoms with Gasteiger partial charge in [-0.15, -0.1) is 0 Å². The van der Waals surface area contributed by atoms with Crippen molar-refractivity contribution in [1.82, 2.24) is 4.90 Å². The topological polar surface area (TPSA) is 3.24 Å². The summed E-state index contributed by atoms with van der Waals surface area (Å²) in [5.41, 5.74) is 0. The number of rotatable bonds is 8. The first-order chi connectivity index (χ1) is 7.86. The van der Waals surface area contributed by atoms with Gasteiger partial charge >= 0.3 is 111 Å². The van der Waals surface area contributed by atoms with Crippen molar-refractivity contribution in [2.45, 2.75) is 64.9 Å². The van der Waals surface area contributed by atoms with Crippen molar-refractivity contribution in [3.8, 4) is 0 Å². The van der Waals surface area contributed by atoms with Crippen LogP contribution in [0.3, 0.4) is 0 Å². The summed E-state index contributed by atoms with van der Waals surface area (Å²) in [5.74, 6) is 0. The first kappa shape index (κ1) is 14.9. The van der Waals surface area contributed by atoms with Crippen molar-refractivity contribution < 1.29 is 0 Å². The first-order valence-electron chi connectivity index (χ1n) is 7.59. The summed E-state index contributed by atoms with van der Waals surface area (Å²) >= 11 is -0.927. The van der Waals surface area contributed by atoms with Crippen molar-refractivity contribution in [2.75, 3.05) is 19.6 Å². The van der Waals surface area contributed by atoms with E-state index in [4.69, 9.17) is 0 Å². The van der Waals surface area contributed by atoms with E-state index < -0.39 is 21.4 Å². The molecule has 16 heavy (non-hydrogen) atoms. The molecular weight excluding hydrogens is 297 g/mol. The average Bonchev–Trinajstić information content (AvgIpc) is 2.31. The molecule has 2 heteroatoms. The molecule has 1 heterocycles. The summed E-state index contributed by atoms with van der Waals surface area (Å²) in [6.07, 6.45) is 8.91. The Kier molecular flexibility index (Phi) is 9.14. The first-order valence-corrected chi connectivity index (χ1v) is 14.6. The van der Waals surface area contributed by atoms with E-state index in [-0.39, 0.29) is 0 Å². The summed E-state index contributed by atoms with van der Waals surface area (Å²) in [6.45, 7) is 8.67. The third-order valence-electron chi connectivity index (χ3n) is 3.89. The van der Waals surface area contributed by atoms with Crippen LogP contribution in [0, 0.1) is 0 Å². The fraction of sp³-hybridized carbons (Fsp3) is 1.00. The monoisotopic (exact) mass is 327 g/mol. The molecule has 0 atom stereocenters. The van der Waals surface area contributed by atoms with Gasteiger partial charge in [0.1, 0.15) is 0 Å². The van der Waals surface area contributed by atoms with Crippen molar-refractivity contribution in [3.05, 3.63) is 0 Å². The van der Waals surface area contributed by atoms with Gasteiger partial charge in [0.05, 0.1) is 0 Å². The molecule has 1 saturated heterocycles. The molecule has 0 aromatic heterocycles. The molecule has 0 radical (unpaired) electrons. The Hall–Kier alpha value is 0.830. The maximum absolute atomic E-state index is 2.69. The molecule has 0 amide bonds. The van der Waals surface area contributed by atoms with Crippen LogP contribution in [0.25, 0.3) is 0 Å². The number of hydrogen-bond acceptors (Lipinski definition) is 1. The zero-order chi connectivity index (χ0) is 11.6. The third-order valence-corrected chi connectivity index (χ3v) is 14.4. The Morgan fingerprint density at radius 1 is 0.875 bits per heavy atom. The standard InChI is InChI=1S/C9H20N.C5H10.In/c1-4-7-10(8-5-2)9-6-3;1-3-5-4-2;/h1,4-9H2,2-3H3;1-5H2;. The second kappa shape index (κ2) is 9.82. The molecule has 1 rings (SSSR count). The molecule has 0 spiro atoms.